The number of phenolic OH excluding ortho intramolecular Hbond substituents is 1. The molecule has 0 aliphatic carbocycles. The number of amides is 1. The van der Waals surface area contributed by atoms with E-state index in [1.54, 1.807) is 12.1 Å². The van der Waals surface area contributed by atoms with Gasteiger partial charge in [0.25, 0.3) is 11.7 Å². The molecule has 0 saturated heterocycles. The fourth-order valence-corrected chi connectivity index (χ4v) is 4.39. The summed E-state index contributed by atoms with van der Waals surface area (Å²) >= 11 is 7.34. The van der Waals surface area contributed by atoms with E-state index in [9.17, 15) is 9.90 Å². The van der Waals surface area contributed by atoms with Gasteiger partial charge in [-0.05, 0) is 73.1 Å². The maximum atomic E-state index is 12.5. The molecule has 4 aromatic rings. The minimum atomic E-state index is -0.301. The standard InChI is InChI=1S/C27H24ClN5O2S/c1-3-5-19-6-4-7-21(25(19)35)16-29-30-24(34)17-36-27-32-31-26(20-10-12-22(28)13-11-20)33(27)23-14-8-18(2)9-15-23/h3-4,6-16H,1,5,17H2,2H3,(H2,29,30,34,35)/p+1. The van der Waals surface area contributed by atoms with E-state index in [1.165, 1.54) is 18.0 Å². The lowest BCUT2D eigenvalue weighted by atomic mass is 10.1. The highest BCUT2D eigenvalue weighted by Crippen LogP contribution is 2.23. The van der Waals surface area contributed by atoms with Gasteiger partial charge in [-0.1, -0.05) is 47.5 Å². The molecule has 0 fully saturated rings. The number of halogens is 1. The first kappa shape index (κ1) is 25.2. The molecule has 1 aromatic heterocycles. The highest BCUT2D eigenvalue weighted by atomic mass is 35.5. The molecule has 4 rings (SSSR count). The smallest absolute Gasteiger partial charge is 0.342 e. The SMILES string of the molecule is C=CCc1cccc(/C=N/NC(=O)CSc2n[nH]c(-c3ccc(Cl)cc3)[n+]2-c2ccc(C)cc2)c1O. The fourth-order valence-electron chi connectivity index (χ4n) is 3.50. The van der Waals surface area contributed by atoms with Crippen LogP contribution in [-0.4, -0.2) is 33.2 Å². The number of allylic oxidation sites excluding steroid dienone is 1. The van der Waals surface area contributed by atoms with Gasteiger partial charge in [-0.3, -0.25) is 4.79 Å². The van der Waals surface area contributed by atoms with E-state index < -0.39 is 0 Å². The van der Waals surface area contributed by atoms with E-state index >= 15 is 0 Å². The third-order valence-corrected chi connectivity index (χ3v) is 6.51. The van der Waals surface area contributed by atoms with Crippen LogP contribution >= 0.6 is 23.4 Å². The number of para-hydroxylation sites is 1. The van der Waals surface area contributed by atoms with Gasteiger partial charge in [0.15, 0.2) is 0 Å². The molecule has 0 aliphatic rings. The number of hydrogen-bond donors (Lipinski definition) is 3. The van der Waals surface area contributed by atoms with Crippen molar-refractivity contribution in [2.75, 3.05) is 5.75 Å². The Hall–Kier alpha value is -3.88. The quantitative estimate of drug-likeness (QED) is 0.0956. The van der Waals surface area contributed by atoms with Gasteiger partial charge < -0.3 is 5.11 Å². The topological polar surface area (TPSA) is 94.2 Å². The molecule has 7 nitrogen and oxygen atoms in total. The minimum Gasteiger partial charge on any atom is -0.507 e. The van der Waals surface area contributed by atoms with Crippen molar-refractivity contribution < 1.29 is 14.5 Å². The van der Waals surface area contributed by atoms with E-state index in [1.807, 2.05) is 72.2 Å². The Morgan fingerprint density at radius 3 is 2.67 bits per heavy atom. The average molecular weight is 519 g/mol. The molecule has 0 aliphatic heterocycles. The highest BCUT2D eigenvalue weighted by Gasteiger charge is 2.24. The molecule has 0 spiro atoms. The molecule has 3 aromatic carbocycles. The van der Waals surface area contributed by atoms with Crippen molar-refractivity contribution in [1.29, 1.82) is 0 Å². The Morgan fingerprint density at radius 2 is 1.94 bits per heavy atom. The molecule has 36 heavy (non-hydrogen) atoms. The summed E-state index contributed by atoms with van der Waals surface area (Å²) < 4.78 is 1.97. The van der Waals surface area contributed by atoms with Gasteiger partial charge in [0.2, 0.25) is 0 Å². The number of hydrogen-bond acceptors (Lipinski definition) is 5. The average Bonchev–Trinajstić information content (AvgIpc) is 3.30. The summed E-state index contributed by atoms with van der Waals surface area (Å²) in [6.07, 6.45) is 3.68. The van der Waals surface area contributed by atoms with Crippen LogP contribution in [0.5, 0.6) is 5.75 Å². The first-order valence-corrected chi connectivity index (χ1v) is 12.5. The summed E-state index contributed by atoms with van der Waals surface area (Å²) in [5.41, 5.74) is 6.73. The van der Waals surface area contributed by atoms with Gasteiger partial charge >= 0.3 is 5.16 Å². The number of carbonyl (C=O) groups excluding carboxylic acids is 1. The zero-order valence-corrected chi connectivity index (χ0v) is 21.2. The number of rotatable bonds is 9. The maximum absolute atomic E-state index is 12.5. The van der Waals surface area contributed by atoms with Crippen LogP contribution in [0.1, 0.15) is 16.7 Å². The number of aromatic nitrogens is 3. The van der Waals surface area contributed by atoms with Crippen LogP contribution in [0.2, 0.25) is 5.02 Å². The summed E-state index contributed by atoms with van der Waals surface area (Å²) in [5, 5.41) is 23.1. The van der Waals surface area contributed by atoms with Gasteiger partial charge in [-0.15, -0.1) is 11.7 Å². The Bertz CT molecular complexity index is 1400. The predicted octanol–water partition coefficient (Wildman–Crippen LogP) is 4.99. The second-order valence-electron chi connectivity index (χ2n) is 7.96. The molecular weight excluding hydrogens is 494 g/mol. The van der Waals surface area contributed by atoms with Crippen molar-refractivity contribution in [2.45, 2.75) is 18.5 Å². The molecule has 9 heteroatoms. The summed E-state index contributed by atoms with van der Waals surface area (Å²) in [6.45, 7) is 5.72. The number of benzene rings is 3. The largest absolute Gasteiger partial charge is 0.507 e. The molecule has 0 bridgehead atoms. The Kier molecular flexibility index (Phi) is 8.20. The summed E-state index contributed by atoms with van der Waals surface area (Å²) in [7, 11) is 0. The van der Waals surface area contributed by atoms with E-state index in [0.717, 1.165) is 28.2 Å². The van der Waals surface area contributed by atoms with Crippen LogP contribution in [0, 0.1) is 6.92 Å². The van der Waals surface area contributed by atoms with Crippen molar-refractivity contribution in [1.82, 2.24) is 15.6 Å². The van der Waals surface area contributed by atoms with Crippen LogP contribution in [0.15, 0.2) is 89.6 Å². The number of carbonyl (C=O) groups is 1. The highest BCUT2D eigenvalue weighted by molar-refractivity contribution is 7.99. The molecule has 0 saturated carbocycles. The third kappa shape index (κ3) is 6.02. The lowest BCUT2D eigenvalue weighted by Crippen LogP contribution is -2.34. The number of hydrazone groups is 1. The van der Waals surface area contributed by atoms with Crippen molar-refractivity contribution >= 4 is 35.5 Å². The summed E-state index contributed by atoms with van der Waals surface area (Å²) in [5.74, 6) is 0.683. The van der Waals surface area contributed by atoms with Gasteiger partial charge in [0, 0.05) is 10.6 Å². The lowest BCUT2D eigenvalue weighted by Gasteiger charge is -2.05. The van der Waals surface area contributed by atoms with E-state index in [-0.39, 0.29) is 17.4 Å². The van der Waals surface area contributed by atoms with Crippen LogP contribution < -0.4 is 9.99 Å². The van der Waals surface area contributed by atoms with Gasteiger partial charge in [-0.25, -0.2) is 5.43 Å². The monoisotopic (exact) mass is 518 g/mol. The Morgan fingerprint density at radius 1 is 1.19 bits per heavy atom. The van der Waals surface area contributed by atoms with Gasteiger partial charge in [-0.2, -0.15) is 9.67 Å². The number of thioether (sulfide) groups is 1. The predicted molar refractivity (Wildman–Crippen MR) is 144 cm³/mol. The molecule has 0 atom stereocenters. The number of aryl methyl sites for hydroxylation is 1. The number of H-pyrrole nitrogens is 1. The van der Waals surface area contributed by atoms with E-state index in [4.69, 9.17) is 11.6 Å². The molecular formula is C27H25ClN5O2S+. The second-order valence-corrected chi connectivity index (χ2v) is 9.34. The van der Waals surface area contributed by atoms with Crippen molar-refractivity contribution in [3.63, 3.8) is 0 Å². The maximum Gasteiger partial charge on any atom is 0.342 e. The third-order valence-electron chi connectivity index (χ3n) is 5.32. The molecule has 0 unspecified atom stereocenters. The molecule has 3 N–H and O–H groups in total. The molecule has 0 radical (unpaired) electrons. The Balaban J connectivity index is 1.49. The Labute approximate surface area is 218 Å². The second kappa shape index (κ2) is 11.7. The number of aromatic amines is 1. The van der Waals surface area contributed by atoms with Crippen LogP contribution in [0.4, 0.5) is 0 Å². The van der Waals surface area contributed by atoms with E-state index in [2.05, 4.69) is 27.3 Å². The number of aromatic hydroxyl groups is 1. The fraction of sp³-hybridized carbons (Fsp3) is 0.111. The minimum absolute atomic E-state index is 0.0938. The van der Waals surface area contributed by atoms with Crippen LogP contribution in [0.3, 0.4) is 0 Å². The van der Waals surface area contributed by atoms with Crippen molar-refractivity contribution in [2.24, 2.45) is 5.10 Å². The zero-order valence-electron chi connectivity index (χ0n) is 19.6. The molecule has 182 valence electrons. The van der Waals surface area contributed by atoms with Crippen molar-refractivity contribution in [3.8, 4) is 22.8 Å². The number of nitrogens with one attached hydrogen (secondary N) is 2. The van der Waals surface area contributed by atoms with E-state index in [0.29, 0.717) is 22.2 Å². The first-order valence-electron chi connectivity index (χ1n) is 11.2. The first-order chi connectivity index (χ1) is 17.5. The van der Waals surface area contributed by atoms with Gasteiger partial charge in [0.1, 0.15) is 11.4 Å². The lowest BCUT2D eigenvalue weighted by molar-refractivity contribution is -0.625. The normalized spacial score (nSPS) is 11.1. The number of phenols is 1. The molecule has 1 heterocycles. The molecule has 1 amide bonds. The summed E-state index contributed by atoms with van der Waals surface area (Å²) in [4.78, 5) is 12.5. The van der Waals surface area contributed by atoms with Crippen molar-refractivity contribution in [3.05, 3.63) is 101 Å². The van der Waals surface area contributed by atoms with Gasteiger partial charge in [0.05, 0.1) is 22.6 Å². The zero-order chi connectivity index (χ0) is 25.5. The number of nitrogens with zero attached hydrogens (tertiary/aromatic N) is 3. The van der Waals surface area contributed by atoms with Crippen LogP contribution in [0.25, 0.3) is 17.1 Å². The summed E-state index contributed by atoms with van der Waals surface area (Å²) in [6, 6.07) is 20.9. The van der Waals surface area contributed by atoms with Crippen LogP contribution in [-0.2, 0) is 11.2 Å².